The number of ether oxygens (including phenoxy) is 1. The molecule has 3 heterocycles. The second-order valence-electron chi connectivity index (χ2n) is 7.44. The summed E-state index contributed by atoms with van der Waals surface area (Å²) >= 11 is 6.61. The molecule has 1 saturated heterocycles. The Morgan fingerprint density at radius 3 is 2.53 bits per heavy atom. The highest BCUT2D eigenvalue weighted by atomic mass is 35.5. The second-order valence-corrected chi connectivity index (χ2v) is 9.11. The number of rotatable bonds is 6. The van der Waals surface area contributed by atoms with Crippen molar-refractivity contribution in [2.75, 3.05) is 34.8 Å². The smallest absolute Gasteiger partial charge is 0.420 e. The molecule has 34 heavy (non-hydrogen) atoms. The van der Waals surface area contributed by atoms with Crippen molar-refractivity contribution < 1.29 is 18.3 Å². The van der Waals surface area contributed by atoms with E-state index in [4.69, 9.17) is 11.6 Å². The molecule has 0 atom stereocenters. The summed E-state index contributed by atoms with van der Waals surface area (Å²) in [5, 5.41) is 2.69. The normalized spacial score (nSPS) is 14.1. The molecule has 0 unspecified atom stereocenters. The molecular formula is C22H20ClF2N5O3S. The van der Waals surface area contributed by atoms with Crippen LogP contribution in [0.2, 0.25) is 0 Å². The number of nitrogens with one attached hydrogen (secondary N) is 1. The Kier molecular flexibility index (Phi) is 7.03. The lowest BCUT2D eigenvalue weighted by molar-refractivity contribution is -0.0964. The number of alkyl halides is 3. The molecule has 12 heteroatoms. The highest BCUT2D eigenvalue weighted by Crippen LogP contribution is 2.30. The second kappa shape index (κ2) is 9.98. The first-order valence-corrected chi connectivity index (χ1v) is 11.8. The number of nitrogens with zero attached hydrogens (tertiary/aromatic N) is 4. The maximum atomic E-state index is 12.9. The molecule has 0 spiro atoms. The van der Waals surface area contributed by atoms with Crippen molar-refractivity contribution in [3.8, 4) is 17.0 Å². The molecule has 1 amide bonds. The molecule has 0 bridgehead atoms. The molecule has 1 aliphatic rings. The van der Waals surface area contributed by atoms with Crippen LogP contribution in [0.1, 0.15) is 10.4 Å². The average molecular weight is 508 g/mol. The van der Waals surface area contributed by atoms with Gasteiger partial charge in [0.15, 0.2) is 0 Å². The van der Waals surface area contributed by atoms with Gasteiger partial charge in [-0.1, -0.05) is 0 Å². The van der Waals surface area contributed by atoms with Crippen molar-refractivity contribution in [1.29, 1.82) is 0 Å². The minimum absolute atomic E-state index is 0.150. The molecule has 1 fully saturated rings. The molecule has 1 aromatic carbocycles. The summed E-state index contributed by atoms with van der Waals surface area (Å²) in [5.74, 6) is 1.93. The number of hydrogen-bond donors (Lipinski definition) is 1. The zero-order valence-electron chi connectivity index (χ0n) is 18.0. The van der Waals surface area contributed by atoms with Gasteiger partial charge in [0.1, 0.15) is 11.6 Å². The van der Waals surface area contributed by atoms with Crippen LogP contribution in [-0.4, -0.2) is 50.6 Å². The summed E-state index contributed by atoms with van der Waals surface area (Å²) in [6.45, 7) is 1.58. The first-order chi connectivity index (χ1) is 16.2. The van der Waals surface area contributed by atoms with Gasteiger partial charge in [-0.2, -0.15) is 11.8 Å². The Labute approximate surface area is 202 Å². The molecule has 4 rings (SSSR count). The van der Waals surface area contributed by atoms with Gasteiger partial charge < -0.3 is 19.5 Å². The minimum atomic E-state index is -3.83. The summed E-state index contributed by atoms with van der Waals surface area (Å²) < 4.78 is 31.2. The summed E-state index contributed by atoms with van der Waals surface area (Å²) in [5.41, 5.74) is -2.45. The third-order valence-electron chi connectivity index (χ3n) is 5.04. The molecule has 178 valence electrons. The van der Waals surface area contributed by atoms with Crippen LogP contribution in [0.5, 0.6) is 5.75 Å². The zero-order chi connectivity index (χ0) is 24.3. The Bertz CT molecular complexity index is 1240. The van der Waals surface area contributed by atoms with Crippen molar-refractivity contribution in [2.24, 2.45) is 7.05 Å². The molecule has 0 saturated carbocycles. The SMILES string of the molecule is Cn1cnc(-c2cc(C(=O)Nc3ccc(OC(F)(F)Cl)cc3)cnc2N2CCSCC2)cc1=O. The fraction of sp³-hybridized carbons (Fsp3) is 0.273. The lowest BCUT2D eigenvalue weighted by Gasteiger charge is -2.29. The van der Waals surface area contributed by atoms with Crippen LogP contribution in [0.3, 0.4) is 0 Å². The predicted molar refractivity (Wildman–Crippen MR) is 128 cm³/mol. The number of hydrogen-bond acceptors (Lipinski definition) is 7. The van der Waals surface area contributed by atoms with Crippen LogP contribution in [0.25, 0.3) is 11.3 Å². The zero-order valence-corrected chi connectivity index (χ0v) is 19.6. The number of aromatic nitrogens is 3. The van der Waals surface area contributed by atoms with Crippen LogP contribution >= 0.6 is 23.4 Å². The van der Waals surface area contributed by atoms with Gasteiger partial charge in [-0.15, -0.1) is 8.78 Å². The number of anilines is 2. The third kappa shape index (κ3) is 5.84. The van der Waals surface area contributed by atoms with E-state index >= 15 is 0 Å². The molecule has 3 aromatic rings. The average Bonchev–Trinajstić information content (AvgIpc) is 2.81. The summed E-state index contributed by atoms with van der Waals surface area (Å²) in [7, 11) is 1.61. The monoisotopic (exact) mass is 507 g/mol. The van der Waals surface area contributed by atoms with E-state index in [1.807, 2.05) is 11.8 Å². The predicted octanol–water partition coefficient (Wildman–Crippen LogP) is 3.82. The van der Waals surface area contributed by atoms with E-state index in [0.717, 1.165) is 24.6 Å². The van der Waals surface area contributed by atoms with E-state index in [9.17, 15) is 18.4 Å². The molecular weight excluding hydrogens is 488 g/mol. The van der Waals surface area contributed by atoms with Crippen LogP contribution in [-0.2, 0) is 7.05 Å². The highest BCUT2D eigenvalue weighted by Gasteiger charge is 2.27. The van der Waals surface area contributed by atoms with Gasteiger partial charge in [0.05, 0.1) is 17.6 Å². The number of carbonyl (C=O) groups is 1. The molecule has 0 aliphatic carbocycles. The Morgan fingerprint density at radius 2 is 1.88 bits per heavy atom. The van der Waals surface area contributed by atoms with Crippen molar-refractivity contribution >= 4 is 40.8 Å². The Hall–Kier alpha value is -3.18. The van der Waals surface area contributed by atoms with Crippen molar-refractivity contribution in [2.45, 2.75) is 5.57 Å². The largest absolute Gasteiger partial charge is 0.487 e. The standard InChI is InChI=1S/C22H20ClF2N5O3S/c1-29-13-27-18(11-19(29)31)17-10-14(12-26-20(17)30-6-8-34-9-7-30)21(32)28-15-2-4-16(5-3-15)33-22(23,24)25/h2-5,10-13H,6-9H2,1H3,(H,28,32). The minimum Gasteiger partial charge on any atom is -0.420 e. The summed E-state index contributed by atoms with van der Waals surface area (Å²) in [4.78, 5) is 36.1. The van der Waals surface area contributed by atoms with Gasteiger partial charge in [-0.05, 0) is 30.3 Å². The molecule has 1 N–H and O–H groups in total. The summed E-state index contributed by atoms with van der Waals surface area (Å²) in [6.07, 6.45) is 2.89. The molecule has 2 aromatic heterocycles. The van der Waals surface area contributed by atoms with E-state index in [0.29, 0.717) is 22.8 Å². The van der Waals surface area contributed by atoms with Gasteiger partial charge >= 0.3 is 5.57 Å². The van der Waals surface area contributed by atoms with Crippen molar-refractivity contribution in [3.63, 3.8) is 0 Å². The van der Waals surface area contributed by atoms with E-state index < -0.39 is 11.5 Å². The van der Waals surface area contributed by atoms with Gasteiger partial charge in [0.2, 0.25) is 0 Å². The number of pyridine rings is 1. The third-order valence-corrected chi connectivity index (χ3v) is 6.06. The van der Waals surface area contributed by atoms with Crippen molar-refractivity contribution in [3.05, 3.63) is 64.8 Å². The number of halogens is 3. The highest BCUT2D eigenvalue weighted by molar-refractivity contribution is 7.99. The number of amides is 1. The van der Waals surface area contributed by atoms with Crippen LogP contribution in [0, 0.1) is 0 Å². The number of thioether (sulfide) groups is 1. The molecule has 1 aliphatic heterocycles. The first-order valence-electron chi connectivity index (χ1n) is 10.2. The fourth-order valence-corrected chi connectivity index (χ4v) is 4.34. The summed E-state index contributed by atoms with van der Waals surface area (Å²) in [6, 6.07) is 8.39. The van der Waals surface area contributed by atoms with Gasteiger partial charge in [-0.3, -0.25) is 9.59 Å². The lowest BCUT2D eigenvalue weighted by atomic mass is 10.1. The maximum absolute atomic E-state index is 12.9. The quantitative estimate of drug-likeness (QED) is 0.507. The number of carbonyl (C=O) groups excluding carboxylic acids is 1. The Balaban J connectivity index is 1.62. The van der Waals surface area contributed by atoms with E-state index in [1.165, 1.54) is 47.4 Å². The van der Waals surface area contributed by atoms with Gasteiger partial charge in [0.25, 0.3) is 11.5 Å². The topological polar surface area (TPSA) is 89.3 Å². The fourth-order valence-electron chi connectivity index (χ4n) is 3.35. The van der Waals surface area contributed by atoms with Crippen LogP contribution < -0.4 is 20.5 Å². The van der Waals surface area contributed by atoms with E-state index in [1.54, 1.807) is 13.1 Å². The number of aryl methyl sites for hydroxylation is 1. The maximum Gasteiger partial charge on any atom is 0.487 e. The van der Waals surface area contributed by atoms with Crippen LogP contribution in [0.4, 0.5) is 20.3 Å². The van der Waals surface area contributed by atoms with Gasteiger partial charge in [-0.25, -0.2) is 9.97 Å². The van der Waals surface area contributed by atoms with Crippen molar-refractivity contribution in [1.82, 2.24) is 14.5 Å². The Morgan fingerprint density at radius 1 is 1.18 bits per heavy atom. The molecule has 8 nitrogen and oxygen atoms in total. The van der Waals surface area contributed by atoms with Gasteiger partial charge in [0, 0.05) is 66.8 Å². The first kappa shape index (κ1) is 24.0. The van der Waals surface area contributed by atoms with E-state index in [2.05, 4.69) is 24.9 Å². The number of benzene rings is 1. The lowest BCUT2D eigenvalue weighted by Crippen LogP contribution is -2.33. The van der Waals surface area contributed by atoms with E-state index in [-0.39, 0.29) is 16.9 Å². The molecule has 0 radical (unpaired) electrons. The van der Waals surface area contributed by atoms with Crippen LogP contribution in [0.15, 0.2) is 53.7 Å².